The third-order valence-corrected chi connectivity index (χ3v) is 4.56. The molecule has 0 spiro atoms. The molecule has 0 bridgehead atoms. The van der Waals surface area contributed by atoms with Gasteiger partial charge in [-0.2, -0.15) is 0 Å². The summed E-state index contributed by atoms with van der Waals surface area (Å²) in [6, 6.07) is 15.9. The van der Waals surface area contributed by atoms with Crippen molar-refractivity contribution >= 4 is 11.6 Å². The van der Waals surface area contributed by atoms with Crippen LogP contribution in [0.5, 0.6) is 0 Å². The van der Waals surface area contributed by atoms with Crippen molar-refractivity contribution in [1.29, 1.82) is 0 Å². The molecular formula is C23H25N3O. The molecule has 4 nitrogen and oxygen atoms in total. The second-order valence-corrected chi connectivity index (χ2v) is 7.24. The Bertz CT molecular complexity index is 890. The SMILES string of the molecule is CC(C)c1cccc(C(C)C)c1NC(=O)c1cnc(-c2ccccc2)nc1. The fourth-order valence-electron chi connectivity index (χ4n) is 3.06. The topological polar surface area (TPSA) is 54.9 Å². The van der Waals surface area contributed by atoms with Gasteiger partial charge in [0.15, 0.2) is 5.82 Å². The molecule has 3 rings (SSSR count). The molecule has 0 fully saturated rings. The maximum atomic E-state index is 12.8. The molecule has 1 N–H and O–H groups in total. The van der Waals surface area contributed by atoms with E-state index in [0.29, 0.717) is 23.2 Å². The number of amides is 1. The fraction of sp³-hybridized carbons (Fsp3) is 0.261. The van der Waals surface area contributed by atoms with E-state index < -0.39 is 0 Å². The van der Waals surface area contributed by atoms with Crippen LogP contribution < -0.4 is 5.32 Å². The highest BCUT2D eigenvalue weighted by atomic mass is 16.1. The molecule has 0 saturated carbocycles. The van der Waals surface area contributed by atoms with E-state index in [1.807, 2.05) is 30.3 Å². The number of para-hydroxylation sites is 1. The Morgan fingerprint density at radius 1 is 0.815 bits per heavy atom. The number of carbonyl (C=O) groups excluding carboxylic acids is 1. The molecule has 0 saturated heterocycles. The first-order valence-electron chi connectivity index (χ1n) is 9.29. The van der Waals surface area contributed by atoms with Crippen LogP contribution in [-0.2, 0) is 0 Å². The highest BCUT2D eigenvalue weighted by Crippen LogP contribution is 2.32. The highest BCUT2D eigenvalue weighted by Gasteiger charge is 2.17. The Kier molecular flexibility index (Phi) is 5.65. The molecule has 2 aromatic carbocycles. The summed E-state index contributed by atoms with van der Waals surface area (Å²) in [5.74, 6) is 1.05. The van der Waals surface area contributed by atoms with Crippen molar-refractivity contribution in [1.82, 2.24) is 9.97 Å². The number of hydrogen-bond donors (Lipinski definition) is 1. The van der Waals surface area contributed by atoms with E-state index in [2.05, 4.69) is 61.2 Å². The smallest absolute Gasteiger partial charge is 0.258 e. The van der Waals surface area contributed by atoms with Crippen molar-refractivity contribution < 1.29 is 4.79 Å². The number of anilines is 1. The quantitative estimate of drug-likeness (QED) is 0.641. The van der Waals surface area contributed by atoms with Crippen LogP contribution in [0.4, 0.5) is 5.69 Å². The molecule has 0 unspecified atom stereocenters. The van der Waals surface area contributed by atoms with Crippen molar-refractivity contribution in [3.05, 3.63) is 77.6 Å². The molecule has 1 aromatic heterocycles. The van der Waals surface area contributed by atoms with Gasteiger partial charge >= 0.3 is 0 Å². The number of rotatable bonds is 5. The lowest BCUT2D eigenvalue weighted by Crippen LogP contribution is -2.16. The van der Waals surface area contributed by atoms with Crippen LogP contribution in [0, 0.1) is 0 Å². The van der Waals surface area contributed by atoms with Crippen LogP contribution in [0.3, 0.4) is 0 Å². The van der Waals surface area contributed by atoms with Crippen molar-refractivity contribution in [2.24, 2.45) is 0 Å². The van der Waals surface area contributed by atoms with Gasteiger partial charge in [0.1, 0.15) is 0 Å². The Hall–Kier alpha value is -3.01. The van der Waals surface area contributed by atoms with Crippen molar-refractivity contribution in [2.75, 3.05) is 5.32 Å². The third kappa shape index (κ3) is 4.22. The average Bonchev–Trinajstić information content (AvgIpc) is 2.68. The monoisotopic (exact) mass is 359 g/mol. The van der Waals surface area contributed by atoms with Crippen LogP contribution >= 0.6 is 0 Å². The van der Waals surface area contributed by atoms with E-state index in [-0.39, 0.29) is 5.91 Å². The normalized spacial score (nSPS) is 11.0. The molecule has 1 amide bonds. The Morgan fingerprint density at radius 3 is 1.89 bits per heavy atom. The predicted octanol–water partition coefficient (Wildman–Crippen LogP) is 5.64. The standard InChI is InChI=1S/C23H25N3O/c1-15(2)19-11-8-12-20(16(3)4)21(19)26-23(27)18-13-24-22(25-14-18)17-9-6-5-7-10-17/h5-16H,1-4H3,(H,26,27). The molecule has 0 aliphatic heterocycles. The van der Waals surface area contributed by atoms with Gasteiger partial charge in [0.25, 0.3) is 5.91 Å². The van der Waals surface area contributed by atoms with E-state index in [4.69, 9.17) is 0 Å². The Morgan fingerprint density at radius 2 is 1.37 bits per heavy atom. The maximum absolute atomic E-state index is 12.8. The van der Waals surface area contributed by atoms with E-state index in [9.17, 15) is 4.79 Å². The minimum Gasteiger partial charge on any atom is -0.321 e. The number of benzene rings is 2. The lowest BCUT2D eigenvalue weighted by atomic mass is 9.92. The third-order valence-electron chi connectivity index (χ3n) is 4.56. The minimum absolute atomic E-state index is 0.190. The summed E-state index contributed by atoms with van der Waals surface area (Å²) in [7, 11) is 0. The fourth-order valence-corrected chi connectivity index (χ4v) is 3.06. The van der Waals surface area contributed by atoms with Gasteiger partial charge in [-0.15, -0.1) is 0 Å². The summed E-state index contributed by atoms with van der Waals surface area (Å²) in [6.07, 6.45) is 3.16. The molecule has 27 heavy (non-hydrogen) atoms. The van der Waals surface area contributed by atoms with Crippen molar-refractivity contribution in [3.63, 3.8) is 0 Å². The van der Waals surface area contributed by atoms with E-state index in [0.717, 1.165) is 22.4 Å². The van der Waals surface area contributed by atoms with Crippen LogP contribution in [0.15, 0.2) is 60.9 Å². The summed E-state index contributed by atoms with van der Waals surface area (Å²) < 4.78 is 0. The van der Waals surface area contributed by atoms with Gasteiger partial charge in [-0.3, -0.25) is 4.79 Å². The van der Waals surface area contributed by atoms with Gasteiger partial charge in [-0.05, 0) is 23.0 Å². The molecule has 138 valence electrons. The first-order chi connectivity index (χ1) is 13.0. The number of carbonyl (C=O) groups is 1. The van der Waals surface area contributed by atoms with Gasteiger partial charge in [-0.1, -0.05) is 76.2 Å². The lowest BCUT2D eigenvalue weighted by Gasteiger charge is -2.20. The largest absolute Gasteiger partial charge is 0.321 e. The zero-order chi connectivity index (χ0) is 19.4. The maximum Gasteiger partial charge on any atom is 0.258 e. The molecule has 4 heteroatoms. The van der Waals surface area contributed by atoms with E-state index in [1.54, 1.807) is 12.4 Å². The van der Waals surface area contributed by atoms with Crippen LogP contribution in [0.25, 0.3) is 11.4 Å². The second-order valence-electron chi connectivity index (χ2n) is 7.24. The van der Waals surface area contributed by atoms with Crippen molar-refractivity contribution in [2.45, 2.75) is 39.5 Å². The summed E-state index contributed by atoms with van der Waals surface area (Å²) in [5, 5.41) is 3.10. The lowest BCUT2D eigenvalue weighted by molar-refractivity contribution is 0.102. The van der Waals surface area contributed by atoms with Gasteiger partial charge in [0, 0.05) is 23.6 Å². The summed E-state index contributed by atoms with van der Waals surface area (Å²) in [5.41, 5.74) is 4.55. The van der Waals surface area contributed by atoms with Gasteiger partial charge in [0.05, 0.1) is 5.56 Å². The highest BCUT2D eigenvalue weighted by molar-refractivity contribution is 6.04. The Balaban J connectivity index is 1.88. The van der Waals surface area contributed by atoms with E-state index >= 15 is 0 Å². The van der Waals surface area contributed by atoms with Crippen LogP contribution in [0.1, 0.15) is 61.0 Å². The van der Waals surface area contributed by atoms with Crippen LogP contribution in [-0.4, -0.2) is 15.9 Å². The van der Waals surface area contributed by atoms with Gasteiger partial charge < -0.3 is 5.32 Å². The molecule has 0 atom stereocenters. The summed E-state index contributed by atoms with van der Waals surface area (Å²) >= 11 is 0. The zero-order valence-corrected chi connectivity index (χ0v) is 16.2. The van der Waals surface area contributed by atoms with Crippen LogP contribution in [0.2, 0.25) is 0 Å². The number of nitrogens with zero attached hydrogens (tertiary/aromatic N) is 2. The molecule has 3 aromatic rings. The molecule has 0 aliphatic carbocycles. The molecular weight excluding hydrogens is 334 g/mol. The molecule has 0 aliphatic rings. The second kappa shape index (κ2) is 8.12. The first-order valence-corrected chi connectivity index (χ1v) is 9.29. The summed E-state index contributed by atoms with van der Waals surface area (Å²) in [4.78, 5) is 21.5. The van der Waals surface area contributed by atoms with Gasteiger partial charge in [0.2, 0.25) is 0 Å². The predicted molar refractivity (Wildman–Crippen MR) is 110 cm³/mol. The number of hydrogen-bond acceptors (Lipinski definition) is 3. The average molecular weight is 359 g/mol. The first kappa shape index (κ1) is 18.8. The Labute approximate surface area is 160 Å². The molecule has 0 radical (unpaired) electrons. The number of aromatic nitrogens is 2. The number of nitrogens with one attached hydrogen (secondary N) is 1. The van der Waals surface area contributed by atoms with E-state index in [1.165, 1.54) is 0 Å². The van der Waals surface area contributed by atoms with Gasteiger partial charge in [-0.25, -0.2) is 9.97 Å². The summed E-state index contributed by atoms with van der Waals surface area (Å²) in [6.45, 7) is 8.53. The zero-order valence-electron chi connectivity index (χ0n) is 16.2. The molecule has 1 heterocycles. The minimum atomic E-state index is -0.190. The van der Waals surface area contributed by atoms with Crippen molar-refractivity contribution in [3.8, 4) is 11.4 Å².